The molecule has 2 aliphatic heterocycles. The van der Waals surface area contributed by atoms with Gasteiger partial charge in [-0.25, -0.2) is 9.97 Å². The van der Waals surface area contributed by atoms with Crippen LogP contribution in [0, 0.1) is 31.1 Å². The molecule has 3 aromatic heterocycles. The second-order valence-electron chi connectivity index (χ2n) is 14.8. The standard InChI is InChI=1S/C42H41N7O4/c1-25-32(6-4-8-34(25)40-47-36-18-27(16-31(19-43)38(36)53-40)21-48-14-11-30(23-48)41(50)51)33-7-5-9-35(26(33)2)46-39-37-29(10-13-44-39)17-28(20-45-37)22-49-15-12-42(3,52)24-49/h4-10,13,16-18,20,30,52H,11-12,14-15,21-24H2,1-3H3,(H,44,46)(H,50,51). The average molecular weight is 708 g/mol. The zero-order valence-corrected chi connectivity index (χ0v) is 30.1. The Balaban J connectivity index is 1.06. The smallest absolute Gasteiger partial charge is 0.307 e. The summed E-state index contributed by atoms with van der Waals surface area (Å²) >= 11 is 0. The third-order valence-electron chi connectivity index (χ3n) is 10.7. The van der Waals surface area contributed by atoms with E-state index in [0.29, 0.717) is 61.0 Å². The highest BCUT2D eigenvalue weighted by Gasteiger charge is 2.31. The Morgan fingerprint density at radius 2 is 1.77 bits per heavy atom. The van der Waals surface area contributed by atoms with Gasteiger partial charge in [0.2, 0.25) is 5.89 Å². The first kappa shape index (κ1) is 34.4. The molecule has 11 heteroatoms. The van der Waals surface area contributed by atoms with Gasteiger partial charge in [-0.05, 0) is 110 Å². The van der Waals surface area contributed by atoms with Crippen molar-refractivity contribution in [2.24, 2.45) is 5.92 Å². The minimum atomic E-state index is -0.767. The highest BCUT2D eigenvalue weighted by molar-refractivity contribution is 5.91. The van der Waals surface area contributed by atoms with E-state index in [4.69, 9.17) is 14.4 Å². The monoisotopic (exact) mass is 707 g/mol. The van der Waals surface area contributed by atoms with Crippen LogP contribution >= 0.6 is 0 Å². The number of anilines is 2. The van der Waals surface area contributed by atoms with Crippen LogP contribution in [0.3, 0.4) is 0 Å². The molecule has 3 N–H and O–H groups in total. The number of fused-ring (bicyclic) bond motifs is 2. The van der Waals surface area contributed by atoms with Gasteiger partial charge in [0.05, 0.1) is 17.1 Å². The van der Waals surface area contributed by atoms with Crippen LogP contribution in [0.1, 0.15) is 47.6 Å². The lowest BCUT2D eigenvalue weighted by molar-refractivity contribution is -0.141. The number of hydrogen-bond donors (Lipinski definition) is 3. The van der Waals surface area contributed by atoms with Crippen LogP contribution in [0.5, 0.6) is 0 Å². The van der Waals surface area contributed by atoms with Gasteiger partial charge >= 0.3 is 5.97 Å². The summed E-state index contributed by atoms with van der Waals surface area (Å²) in [6, 6.07) is 22.4. The summed E-state index contributed by atoms with van der Waals surface area (Å²) in [5, 5.41) is 34.4. The summed E-state index contributed by atoms with van der Waals surface area (Å²) in [6.07, 6.45) is 5.09. The van der Waals surface area contributed by atoms with Gasteiger partial charge < -0.3 is 19.9 Å². The van der Waals surface area contributed by atoms with E-state index in [9.17, 15) is 20.3 Å². The molecular formula is C42H41N7O4. The highest BCUT2D eigenvalue weighted by atomic mass is 16.4. The molecule has 0 saturated carbocycles. The van der Waals surface area contributed by atoms with Crippen LogP contribution in [0.2, 0.25) is 0 Å². The number of nitrogens with one attached hydrogen (secondary N) is 1. The largest absolute Gasteiger partial charge is 0.481 e. The molecule has 6 aromatic rings. The molecule has 2 fully saturated rings. The lowest BCUT2D eigenvalue weighted by Crippen LogP contribution is -2.29. The Hall–Kier alpha value is -5.67. The van der Waals surface area contributed by atoms with Gasteiger partial charge in [0, 0.05) is 61.8 Å². The predicted octanol–water partition coefficient (Wildman–Crippen LogP) is 7.20. The van der Waals surface area contributed by atoms with Gasteiger partial charge in [-0.3, -0.25) is 19.6 Å². The minimum Gasteiger partial charge on any atom is -0.481 e. The normalized spacial score (nSPS) is 19.3. The number of carboxylic acids is 1. The number of carbonyl (C=O) groups is 1. The third kappa shape index (κ3) is 6.84. The number of rotatable bonds is 9. The molecule has 3 aromatic carbocycles. The fourth-order valence-corrected chi connectivity index (χ4v) is 7.88. The van der Waals surface area contributed by atoms with Gasteiger partial charge in [0.15, 0.2) is 11.4 Å². The van der Waals surface area contributed by atoms with Crippen LogP contribution in [0.4, 0.5) is 11.5 Å². The summed E-state index contributed by atoms with van der Waals surface area (Å²) in [6.45, 7) is 10.0. The van der Waals surface area contributed by atoms with E-state index in [1.165, 1.54) is 0 Å². The number of hydrogen-bond acceptors (Lipinski definition) is 10. The molecule has 8 rings (SSSR count). The van der Waals surface area contributed by atoms with Gasteiger partial charge in [-0.15, -0.1) is 0 Å². The number of likely N-dealkylation sites (tertiary alicyclic amines) is 2. The van der Waals surface area contributed by atoms with E-state index in [1.807, 2.05) is 55.6 Å². The number of nitriles is 1. The fraction of sp³-hybridized carbons (Fsp3) is 0.310. The Bertz CT molecular complexity index is 2430. The number of aromatic nitrogens is 3. The SMILES string of the molecule is Cc1c(Nc2nccc3cc(CN4CCC(C)(O)C4)cnc23)cccc1-c1cccc(-c2nc3cc(CN4CCC(C(=O)O)C4)cc(C#N)c3o2)c1C. The Morgan fingerprint density at radius 3 is 2.53 bits per heavy atom. The number of aliphatic carboxylic acids is 1. The summed E-state index contributed by atoms with van der Waals surface area (Å²) < 4.78 is 6.28. The Labute approximate surface area is 307 Å². The van der Waals surface area contributed by atoms with Crippen molar-refractivity contribution in [1.29, 1.82) is 5.26 Å². The number of oxazole rings is 1. The second-order valence-corrected chi connectivity index (χ2v) is 14.8. The summed E-state index contributed by atoms with van der Waals surface area (Å²) in [5.41, 5.74) is 9.46. The molecule has 0 amide bonds. The van der Waals surface area contributed by atoms with Crippen molar-refractivity contribution in [3.05, 3.63) is 101 Å². The van der Waals surface area contributed by atoms with E-state index >= 15 is 0 Å². The van der Waals surface area contributed by atoms with Gasteiger partial charge in [0.25, 0.3) is 0 Å². The van der Waals surface area contributed by atoms with Crippen molar-refractivity contribution in [2.75, 3.05) is 31.5 Å². The second kappa shape index (κ2) is 13.7. The summed E-state index contributed by atoms with van der Waals surface area (Å²) in [4.78, 5) is 30.2. The van der Waals surface area contributed by atoms with Gasteiger partial charge in [0.1, 0.15) is 17.1 Å². The molecule has 2 aliphatic rings. The number of aliphatic hydroxyl groups is 1. The number of β-amino-alcohol motifs (C(OH)–C–C–N with tert-alkyl or cyclic N) is 1. The van der Waals surface area contributed by atoms with Crippen molar-refractivity contribution in [1.82, 2.24) is 24.8 Å². The van der Waals surface area contributed by atoms with Crippen molar-refractivity contribution in [2.45, 2.75) is 52.3 Å². The fourth-order valence-electron chi connectivity index (χ4n) is 7.88. The van der Waals surface area contributed by atoms with E-state index in [1.54, 1.807) is 6.20 Å². The van der Waals surface area contributed by atoms with Crippen LogP contribution in [-0.2, 0) is 17.9 Å². The van der Waals surface area contributed by atoms with E-state index in [2.05, 4.69) is 58.2 Å². The van der Waals surface area contributed by atoms with Gasteiger partial charge in [-0.2, -0.15) is 5.26 Å². The first-order chi connectivity index (χ1) is 25.5. The molecule has 2 unspecified atom stereocenters. The molecule has 2 saturated heterocycles. The number of pyridine rings is 2. The maximum Gasteiger partial charge on any atom is 0.307 e. The van der Waals surface area contributed by atoms with Crippen molar-refractivity contribution in [3.8, 4) is 28.7 Å². The van der Waals surface area contributed by atoms with Crippen LogP contribution in [0.15, 0.2) is 77.5 Å². The molecule has 0 radical (unpaired) electrons. The van der Waals surface area contributed by atoms with E-state index in [-0.39, 0.29) is 5.92 Å². The van der Waals surface area contributed by atoms with Crippen molar-refractivity contribution >= 4 is 39.5 Å². The lowest BCUT2D eigenvalue weighted by Gasteiger charge is -2.19. The van der Waals surface area contributed by atoms with Crippen LogP contribution in [-0.4, -0.2) is 72.7 Å². The Morgan fingerprint density at radius 1 is 1.00 bits per heavy atom. The molecule has 0 bridgehead atoms. The van der Waals surface area contributed by atoms with E-state index in [0.717, 1.165) is 75.0 Å². The minimum absolute atomic E-state index is 0.366. The van der Waals surface area contributed by atoms with E-state index < -0.39 is 11.6 Å². The predicted molar refractivity (Wildman–Crippen MR) is 203 cm³/mol. The number of nitrogens with zero attached hydrogens (tertiary/aromatic N) is 6. The quantitative estimate of drug-likeness (QED) is 0.140. The molecule has 53 heavy (non-hydrogen) atoms. The van der Waals surface area contributed by atoms with Crippen LogP contribution in [0.25, 0.3) is 44.6 Å². The van der Waals surface area contributed by atoms with Crippen molar-refractivity contribution < 1.29 is 19.4 Å². The maximum atomic E-state index is 11.5. The summed E-state index contributed by atoms with van der Waals surface area (Å²) in [7, 11) is 0. The van der Waals surface area contributed by atoms with Gasteiger partial charge in [-0.1, -0.05) is 24.3 Å². The highest BCUT2D eigenvalue weighted by Crippen LogP contribution is 2.38. The first-order valence-corrected chi connectivity index (χ1v) is 18.0. The molecular weight excluding hydrogens is 667 g/mol. The molecule has 268 valence electrons. The molecule has 0 spiro atoms. The molecule has 11 nitrogen and oxygen atoms in total. The third-order valence-corrected chi connectivity index (χ3v) is 10.7. The molecule has 2 atom stereocenters. The summed E-state index contributed by atoms with van der Waals surface area (Å²) in [5.74, 6) is -0.0198. The first-order valence-electron chi connectivity index (χ1n) is 18.0. The van der Waals surface area contributed by atoms with Crippen molar-refractivity contribution in [3.63, 3.8) is 0 Å². The molecule has 0 aliphatic carbocycles. The zero-order chi connectivity index (χ0) is 36.9. The maximum absolute atomic E-state index is 11.5. The number of carboxylic acid groups (broad SMARTS) is 1. The van der Waals surface area contributed by atoms with Crippen LogP contribution < -0.4 is 5.32 Å². The number of benzene rings is 3. The molecule has 5 heterocycles. The lowest BCUT2D eigenvalue weighted by atomic mass is 9.93. The average Bonchev–Trinajstić information content (AvgIpc) is 3.87. The Kier molecular flexibility index (Phi) is 8.90. The topological polar surface area (TPSA) is 152 Å². The zero-order valence-electron chi connectivity index (χ0n) is 30.1.